The van der Waals surface area contributed by atoms with Gasteiger partial charge in [0, 0.05) is 50.8 Å². The normalized spacial score (nSPS) is 24.9. The van der Waals surface area contributed by atoms with Crippen LogP contribution in [0.25, 0.3) is 0 Å². The number of thiocarbonyl (C=S) groups is 2. The van der Waals surface area contributed by atoms with Crippen molar-refractivity contribution in [2.24, 2.45) is 11.8 Å². The van der Waals surface area contributed by atoms with Gasteiger partial charge in [-0.1, -0.05) is 63.8 Å². The summed E-state index contributed by atoms with van der Waals surface area (Å²) in [6.45, 7) is 10.5. The van der Waals surface area contributed by atoms with E-state index in [1.54, 1.807) is 0 Å². The molecular weight excluding hydrogens is 635 g/mol. The van der Waals surface area contributed by atoms with Crippen molar-refractivity contribution < 1.29 is 10.2 Å². The first-order chi connectivity index (χ1) is 23.2. The van der Waals surface area contributed by atoms with E-state index in [9.17, 15) is 10.2 Å². The summed E-state index contributed by atoms with van der Waals surface area (Å²) < 4.78 is 0. The lowest BCUT2D eigenvalue weighted by atomic mass is 9.98. The molecule has 0 bridgehead atoms. The average molecular weight is 692 g/mol. The molecule has 3 N–H and O–H groups in total. The van der Waals surface area contributed by atoms with Gasteiger partial charge in [-0.15, -0.1) is 0 Å². The van der Waals surface area contributed by atoms with E-state index < -0.39 is 0 Å². The minimum absolute atomic E-state index is 0.221. The Bertz CT molecular complexity index is 1350. The summed E-state index contributed by atoms with van der Waals surface area (Å²) in [6.07, 6.45) is 13.3. The summed E-state index contributed by atoms with van der Waals surface area (Å²) in [4.78, 5) is 10.3. The van der Waals surface area contributed by atoms with E-state index in [2.05, 4.69) is 63.0 Å². The zero-order chi connectivity index (χ0) is 33.6. The molecule has 0 aromatic heterocycles. The van der Waals surface area contributed by atoms with Crippen LogP contribution in [-0.4, -0.2) is 103 Å². The first-order valence-corrected chi connectivity index (χ1v) is 19.5. The van der Waals surface area contributed by atoms with Crippen LogP contribution in [-0.2, 0) is 12.8 Å². The second-order valence-corrected chi connectivity index (χ2v) is 16.2. The second-order valence-electron chi connectivity index (χ2n) is 15.4. The Balaban J connectivity index is 1.24. The van der Waals surface area contributed by atoms with E-state index in [0.29, 0.717) is 41.5 Å². The summed E-state index contributed by atoms with van der Waals surface area (Å²) in [6, 6.07) is 17.0. The fraction of sp³-hybridized carbons (Fsp3) is 0.641. The number of nitrogens with zero attached hydrogens (tertiary/aromatic N) is 4. The summed E-state index contributed by atoms with van der Waals surface area (Å²) in [5.41, 5.74) is 2.48. The number of phenols is 2. The van der Waals surface area contributed by atoms with Crippen LogP contribution in [0, 0.1) is 11.8 Å². The molecule has 4 fully saturated rings. The lowest BCUT2D eigenvalue weighted by Crippen LogP contribution is -2.51. The van der Waals surface area contributed by atoms with E-state index in [4.69, 9.17) is 24.4 Å². The Hall–Kier alpha value is -2.62. The van der Waals surface area contributed by atoms with Crippen molar-refractivity contribution in [3.8, 4) is 11.5 Å². The SMILES string of the molecule is CC(C)C[C@H]1CNC(=S)N1C[C@H]1CCCN1C[C@H](Cc1ccc(O)cc1)N1C[C@H](Cc2ccc(O)cc2)N(CC2CCCCCC2)C1=S. The molecule has 0 spiro atoms. The van der Waals surface area contributed by atoms with Crippen molar-refractivity contribution in [2.45, 2.75) is 109 Å². The number of phenolic OH excluding ortho intramolecular Hbond substituents is 2. The van der Waals surface area contributed by atoms with E-state index in [-0.39, 0.29) is 6.04 Å². The number of benzene rings is 2. The molecule has 2 aromatic rings. The van der Waals surface area contributed by atoms with Gasteiger partial charge in [-0.2, -0.15) is 0 Å². The van der Waals surface area contributed by atoms with Crippen LogP contribution in [0.5, 0.6) is 11.5 Å². The standard InChI is InChI=1S/C39H57N5O2S2/c1-28(2)20-33-23-40-38(47)42(33)26-32-10-7-19-41(32)25-34(21-29-11-15-36(45)16-12-29)44-27-35(22-30-13-17-37(46)18-14-30)43(39(44)48)24-31-8-5-3-4-6-9-31/h11-18,28,31-35,45-46H,3-10,19-27H2,1-2H3,(H,40,47)/t32-,33+,34+,35+/m1/s1. The van der Waals surface area contributed by atoms with E-state index in [1.807, 2.05) is 24.3 Å². The van der Waals surface area contributed by atoms with Gasteiger partial charge in [0.1, 0.15) is 11.5 Å². The van der Waals surface area contributed by atoms with Gasteiger partial charge in [0.2, 0.25) is 0 Å². The monoisotopic (exact) mass is 691 g/mol. The largest absolute Gasteiger partial charge is 0.508 e. The molecule has 48 heavy (non-hydrogen) atoms. The highest BCUT2D eigenvalue weighted by Crippen LogP contribution is 2.31. The molecule has 9 heteroatoms. The predicted octanol–water partition coefficient (Wildman–Crippen LogP) is 6.56. The molecule has 3 aliphatic heterocycles. The number of nitrogens with one attached hydrogen (secondary N) is 1. The molecule has 1 aliphatic carbocycles. The summed E-state index contributed by atoms with van der Waals surface area (Å²) >= 11 is 12.3. The van der Waals surface area contributed by atoms with Crippen LogP contribution in [0.15, 0.2) is 48.5 Å². The highest BCUT2D eigenvalue weighted by Gasteiger charge is 2.41. The molecule has 1 saturated carbocycles. The minimum atomic E-state index is 0.221. The van der Waals surface area contributed by atoms with Gasteiger partial charge in [-0.25, -0.2) is 0 Å². The molecule has 7 nitrogen and oxygen atoms in total. The van der Waals surface area contributed by atoms with Crippen LogP contribution in [0.2, 0.25) is 0 Å². The maximum Gasteiger partial charge on any atom is 0.172 e. The molecular formula is C39H57N5O2S2. The first kappa shape index (κ1) is 35.2. The maximum absolute atomic E-state index is 10.1. The van der Waals surface area contributed by atoms with Crippen LogP contribution in [0.4, 0.5) is 0 Å². The Morgan fingerprint density at radius 1 is 0.771 bits per heavy atom. The van der Waals surface area contributed by atoms with Crippen LogP contribution in [0.1, 0.15) is 82.8 Å². The third-order valence-corrected chi connectivity index (χ3v) is 12.2. The molecule has 0 radical (unpaired) electrons. The highest BCUT2D eigenvalue weighted by atomic mass is 32.1. The van der Waals surface area contributed by atoms with Gasteiger partial charge in [-0.3, -0.25) is 4.90 Å². The summed E-state index contributed by atoms with van der Waals surface area (Å²) in [5.74, 6) is 1.94. The van der Waals surface area contributed by atoms with Gasteiger partial charge >= 0.3 is 0 Å². The molecule has 262 valence electrons. The second kappa shape index (κ2) is 16.4. The molecule has 0 amide bonds. The average Bonchev–Trinajstić information content (AvgIpc) is 3.65. The quantitative estimate of drug-likeness (QED) is 0.160. The van der Waals surface area contributed by atoms with E-state index >= 15 is 0 Å². The molecule has 6 rings (SSSR count). The molecule has 4 atom stereocenters. The minimum Gasteiger partial charge on any atom is -0.508 e. The van der Waals surface area contributed by atoms with E-state index in [0.717, 1.165) is 68.8 Å². The zero-order valence-electron chi connectivity index (χ0n) is 29.1. The number of rotatable bonds is 13. The van der Waals surface area contributed by atoms with Gasteiger partial charge < -0.3 is 30.2 Å². The molecule has 3 saturated heterocycles. The van der Waals surface area contributed by atoms with Crippen LogP contribution < -0.4 is 5.32 Å². The van der Waals surface area contributed by atoms with Gasteiger partial charge in [-0.05, 0) is 123 Å². The third-order valence-electron chi connectivity index (χ3n) is 11.3. The fourth-order valence-corrected chi connectivity index (χ4v) is 9.50. The van der Waals surface area contributed by atoms with Crippen molar-refractivity contribution in [3.63, 3.8) is 0 Å². The van der Waals surface area contributed by atoms with Crippen molar-refractivity contribution >= 4 is 34.7 Å². The lowest BCUT2D eigenvalue weighted by molar-refractivity contribution is 0.156. The van der Waals surface area contributed by atoms with Gasteiger partial charge in [0.05, 0.1) is 6.04 Å². The number of hydrogen-bond donors (Lipinski definition) is 3. The molecule has 3 heterocycles. The highest BCUT2D eigenvalue weighted by molar-refractivity contribution is 7.80. The maximum atomic E-state index is 10.1. The summed E-state index contributed by atoms with van der Waals surface area (Å²) in [5, 5.41) is 25.4. The lowest BCUT2D eigenvalue weighted by Gasteiger charge is -2.37. The number of likely N-dealkylation sites (tertiary alicyclic amines) is 1. The first-order valence-electron chi connectivity index (χ1n) is 18.6. The van der Waals surface area contributed by atoms with Crippen molar-refractivity contribution in [2.75, 3.05) is 39.3 Å². The fourth-order valence-electron chi connectivity index (χ4n) is 8.75. The molecule has 2 aromatic carbocycles. The van der Waals surface area contributed by atoms with Crippen molar-refractivity contribution in [1.29, 1.82) is 0 Å². The van der Waals surface area contributed by atoms with Crippen LogP contribution >= 0.6 is 24.4 Å². The topological polar surface area (TPSA) is 65.4 Å². The van der Waals surface area contributed by atoms with E-state index in [1.165, 1.54) is 62.5 Å². The number of hydrogen-bond acceptors (Lipinski definition) is 5. The third kappa shape index (κ3) is 8.94. The Morgan fingerprint density at radius 3 is 2.10 bits per heavy atom. The predicted molar refractivity (Wildman–Crippen MR) is 204 cm³/mol. The Labute approximate surface area is 299 Å². The Kier molecular flexibility index (Phi) is 12.0. The molecule has 4 aliphatic rings. The van der Waals surface area contributed by atoms with Crippen LogP contribution in [0.3, 0.4) is 0 Å². The van der Waals surface area contributed by atoms with Crippen molar-refractivity contribution in [3.05, 3.63) is 59.7 Å². The Morgan fingerprint density at radius 2 is 1.44 bits per heavy atom. The smallest absolute Gasteiger partial charge is 0.172 e. The molecule has 0 unspecified atom stereocenters. The zero-order valence-corrected chi connectivity index (χ0v) is 30.7. The van der Waals surface area contributed by atoms with Gasteiger partial charge in [0.15, 0.2) is 10.2 Å². The van der Waals surface area contributed by atoms with Crippen molar-refractivity contribution in [1.82, 2.24) is 24.9 Å². The van der Waals surface area contributed by atoms with Gasteiger partial charge in [0.25, 0.3) is 0 Å². The number of aromatic hydroxyl groups is 2. The summed E-state index contributed by atoms with van der Waals surface area (Å²) in [7, 11) is 0.